The van der Waals surface area contributed by atoms with Crippen LogP contribution in [0.1, 0.15) is 33.4 Å². The van der Waals surface area contributed by atoms with Gasteiger partial charge in [0.1, 0.15) is 40.6 Å². The van der Waals surface area contributed by atoms with Crippen molar-refractivity contribution in [2.24, 2.45) is 0 Å². The van der Waals surface area contributed by atoms with Gasteiger partial charge in [-0.15, -0.1) is 11.1 Å². The smallest absolute Gasteiger partial charge is 0.355 e. The Morgan fingerprint density at radius 3 is 0.833 bits per heavy atom. The summed E-state index contributed by atoms with van der Waals surface area (Å²) in [5, 5.41) is -0.0496. The molecule has 4 nitrogen and oxygen atoms in total. The van der Waals surface area contributed by atoms with Gasteiger partial charge in [0.15, 0.2) is 0 Å². The van der Waals surface area contributed by atoms with Crippen LogP contribution in [0.3, 0.4) is 0 Å². The van der Waals surface area contributed by atoms with Gasteiger partial charge in [0.05, 0.1) is 0 Å². The van der Waals surface area contributed by atoms with E-state index in [1.54, 1.807) is 0 Å². The summed E-state index contributed by atoms with van der Waals surface area (Å²) in [6.45, 7) is 13.1. The third-order valence-corrected chi connectivity index (χ3v) is 12.4. The maximum atomic E-state index is 7.60. The minimum absolute atomic E-state index is 0.0496. The molecule has 1 fully saturated rings. The van der Waals surface area contributed by atoms with Gasteiger partial charge in [0.2, 0.25) is 11.2 Å². The number of rotatable bonds is 12. The zero-order chi connectivity index (χ0) is 42.3. The zero-order valence-electron chi connectivity index (χ0n) is 35.3. The third kappa shape index (κ3) is 8.83. The highest BCUT2D eigenvalue weighted by Gasteiger charge is 2.64. The van der Waals surface area contributed by atoms with Gasteiger partial charge in [-0.1, -0.05) is 233 Å². The van der Waals surface area contributed by atoms with Gasteiger partial charge in [-0.2, -0.15) is 0 Å². The second-order valence-corrected chi connectivity index (χ2v) is 27.1. The predicted octanol–water partition coefficient (Wildman–Crippen LogP) is 11.6. The van der Waals surface area contributed by atoms with E-state index in [-0.39, 0.29) is 18.5 Å². The summed E-state index contributed by atoms with van der Waals surface area (Å²) in [4.78, 5) is 0. The lowest BCUT2D eigenvalue weighted by atomic mass is 9.78. The maximum absolute atomic E-state index is 7.60. The van der Waals surface area contributed by atoms with E-state index in [1.807, 2.05) is 109 Å². The fourth-order valence-electron chi connectivity index (χ4n) is 7.62. The highest BCUT2D eigenvalue weighted by molar-refractivity contribution is 7.79. The number of hydrogen-bond acceptors (Lipinski definition) is 5. The number of thiocarbonyl (C=S) groups is 1. The Hall–Kier alpha value is -5.52. The van der Waals surface area contributed by atoms with Crippen molar-refractivity contribution in [3.63, 3.8) is 0 Å². The van der Waals surface area contributed by atoms with Crippen molar-refractivity contribution in [1.82, 2.24) is 0 Å². The molecule has 0 N–H and O–H groups in total. The van der Waals surface area contributed by atoms with Crippen molar-refractivity contribution in [2.75, 3.05) is 13.2 Å². The van der Waals surface area contributed by atoms with E-state index in [4.69, 9.17) is 31.2 Å². The average Bonchev–Trinajstić information content (AvgIpc) is 3.55. The van der Waals surface area contributed by atoms with Crippen molar-refractivity contribution in [3.8, 4) is 22.9 Å². The standard InChI is InChI=1S/C53H52O4SSi2/c1-59(2,3)39-37-50(41-54-52(43-25-13-7-14-26-43,44-27-15-8-16-28-44)45-29-17-9-18-30-45)51(57-49(58)56-50,38-40-60(4,5)6)42-55-53(46-31-19-10-20-32-46,47-33-21-11-22-34-47)48-35-23-12-24-36-48/h7-36H,41-42H2,1-6H3. The highest BCUT2D eigenvalue weighted by atomic mass is 32.1. The van der Waals surface area contributed by atoms with E-state index in [1.165, 1.54) is 0 Å². The summed E-state index contributed by atoms with van der Waals surface area (Å²) in [7, 11) is -4.15. The summed E-state index contributed by atoms with van der Waals surface area (Å²) in [5.74, 6) is 7.32. The molecular formula is C53H52O4SSi2. The summed E-state index contributed by atoms with van der Waals surface area (Å²) < 4.78 is 28.9. The quantitative estimate of drug-likeness (QED) is 0.0531. The topological polar surface area (TPSA) is 36.9 Å². The first-order chi connectivity index (χ1) is 28.8. The fraction of sp³-hybridized carbons (Fsp3) is 0.226. The van der Waals surface area contributed by atoms with Crippen LogP contribution in [-0.4, -0.2) is 45.8 Å². The number of benzene rings is 6. The summed E-state index contributed by atoms with van der Waals surface area (Å²) in [6, 6.07) is 61.8. The van der Waals surface area contributed by atoms with Gasteiger partial charge in [0, 0.05) is 12.2 Å². The van der Waals surface area contributed by atoms with E-state index < -0.39 is 38.6 Å². The Morgan fingerprint density at radius 2 is 0.633 bits per heavy atom. The molecule has 0 saturated carbocycles. The van der Waals surface area contributed by atoms with Crippen LogP contribution in [0.5, 0.6) is 0 Å². The van der Waals surface area contributed by atoms with E-state index in [2.05, 4.69) is 135 Å². The largest absolute Gasteiger partial charge is 0.429 e. The lowest BCUT2D eigenvalue weighted by Crippen LogP contribution is -2.59. The fourth-order valence-corrected chi connectivity index (χ4v) is 9.06. The normalized spacial score (nSPS) is 17.9. The Kier molecular flexibility index (Phi) is 12.5. The van der Waals surface area contributed by atoms with E-state index in [0.717, 1.165) is 33.4 Å². The molecule has 302 valence electrons. The Morgan fingerprint density at radius 1 is 0.417 bits per heavy atom. The first kappa shape index (κ1) is 42.6. The van der Waals surface area contributed by atoms with Crippen LogP contribution < -0.4 is 0 Å². The van der Waals surface area contributed by atoms with Gasteiger partial charge in [-0.3, -0.25) is 0 Å². The van der Waals surface area contributed by atoms with Crippen molar-refractivity contribution < 1.29 is 18.9 Å². The van der Waals surface area contributed by atoms with Crippen molar-refractivity contribution in [3.05, 3.63) is 215 Å². The van der Waals surface area contributed by atoms with Crippen LogP contribution in [0.2, 0.25) is 39.3 Å². The second-order valence-electron chi connectivity index (χ2n) is 17.2. The molecule has 1 heterocycles. The number of ether oxygens (including phenoxy) is 4. The maximum Gasteiger partial charge on any atom is 0.355 e. The average molecular weight is 841 g/mol. The molecule has 0 aromatic heterocycles. The molecule has 7 rings (SSSR count). The van der Waals surface area contributed by atoms with E-state index in [9.17, 15) is 0 Å². The molecule has 1 aliphatic rings. The molecule has 1 aliphatic heterocycles. The summed E-state index contributed by atoms with van der Waals surface area (Å²) in [6.07, 6.45) is 0. The minimum atomic E-state index is -2.08. The molecule has 2 atom stereocenters. The van der Waals surface area contributed by atoms with Gasteiger partial charge in [-0.05, 0) is 33.4 Å². The van der Waals surface area contributed by atoms with Gasteiger partial charge < -0.3 is 18.9 Å². The van der Waals surface area contributed by atoms with E-state index >= 15 is 0 Å². The van der Waals surface area contributed by atoms with Crippen LogP contribution >= 0.6 is 12.2 Å². The van der Waals surface area contributed by atoms with Crippen molar-refractivity contribution in [2.45, 2.75) is 61.7 Å². The zero-order valence-corrected chi connectivity index (χ0v) is 38.1. The molecular weight excluding hydrogens is 789 g/mol. The van der Waals surface area contributed by atoms with Gasteiger partial charge in [-0.25, -0.2) is 0 Å². The Balaban J connectivity index is 1.48. The van der Waals surface area contributed by atoms with Crippen molar-refractivity contribution in [1.29, 1.82) is 0 Å². The lowest BCUT2D eigenvalue weighted by Gasteiger charge is -2.42. The molecule has 7 heteroatoms. The Labute approximate surface area is 363 Å². The molecule has 60 heavy (non-hydrogen) atoms. The predicted molar refractivity (Wildman–Crippen MR) is 253 cm³/mol. The molecule has 0 aliphatic carbocycles. The van der Waals surface area contributed by atoms with Crippen LogP contribution in [0.15, 0.2) is 182 Å². The molecule has 1 saturated heterocycles. The summed E-state index contributed by atoms with van der Waals surface area (Å²) in [5.41, 5.74) is 7.75. The van der Waals surface area contributed by atoms with Crippen LogP contribution in [0.4, 0.5) is 0 Å². The molecule has 6 aromatic carbocycles. The lowest BCUT2D eigenvalue weighted by molar-refractivity contribution is -0.119. The van der Waals surface area contributed by atoms with Crippen molar-refractivity contribution >= 4 is 33.6 Å². The summed E-state index contributed by atoms with van der Waals surface area (Å²) >= 11 is 5.94. The molecule has 0 bridgehead atoms. The van der Waals surface area contributed by atoms with Gasteiger partial charge >= 0.3 is 5.24 Å². The molecule has 0 spiro atoms. The van der Waals surface area contributed by atoms with Crippen LogP contribution in [0.25, 0.3) is 0 Å². The Bertz CT molecular complexity index is 2110. The first-order valence-corrected chi connectivity index (χ1v) is 27.8. The minimum Gasteiger partial charge on any atom is -0.429 e. The van der Waals surface area contributed by atoms with Crippen LogP contribution in [0, 0.1) is 22.9 Å². The third-order valence-electron chi connectivity index (χ3n) is 10.5. The highest BCUT2D eigenvalue weighted by Crippen LogP contribution is 2.47. The SMILES string of the molecule is C[Si](C)(C)C#CC1(COC(c2ccccc2)(c2ccccc2)c2ccccc2)OC(=S)OC1(C#C[Si](C)(C)C)COC(c1ccccc1)(c1ccccc1)c1ccccc1. The second kappa shape index (κ2) is 17.6. The van der Waals surface area contributed by atoms with Gasteiger partial charge in [0.25, 0.3) is 0 Å². The van der Waals surface area contributed by atoms with E-state index in [0.29, 0.717) is 0 Å². The first-order valence-electron chi connectivity index (χ1n) is 20.4. The molecule has 2 unspecified atom stereocenters. The monoisotopic (exact) mass is 840 g/mol. The molecule has 0 amide bonds. The molecule has 0 radical (unpaired) electrons. The van der Waals surface area contributed by atoms with Crippen LogP contribution in [-0.2, 0) is 30.1 Å². The molecule has 6 aromatic rings. The number of hydrogen-bond donors (Lipinski definition) is 0.